The van der Waals surface area contributed by atoms with Crippen LogP contribution in [0.15, 0.2) is 103 Å². The third kappa shape index (κ3) is 4.29. The Morgan fingerprint density at radius 2 is 1.10 bits per heavy atom. The SMILES string of the molecule is Cc1ccc(C)c(C[P+](c2ccccc2)(c2ccccc2)c2ccccc2C)c1.[Br-]. The number of aryl methyl sites for hydroxylation is 3. The van der Waals surface area contributed by atoms with Crippen molar-refractivity contribution in [3.05, 3.63) is 125 Å². The monoisotopic (exact) mass is 474 g/mol. The van der Waals surface area contributed by atoms with Crippen LogP contribution < -0.4 is 32.9 Å². The highest BCUT2D eigenvalue weighted by molar-refractivity contribution is 7.95. The van der Waals surface area contributed by atoms with E-state index in [4.69, 9.17) is 0 Å². The third-order valence-corrected chi connectivity index (χ3v) is 10.3. The maximum atomic E-state index is 2.38. The summed E-state index contributed by atoms with van der Waals surface area (Å²) in [6.07, 6.45) is 1.04. The van der Waals surface area contributed by atoms with Crippen molar-refractivity contribution < 1.29 is 17.0 Å². The lowest BCUT2D eigenvalue weighted by Gasteiger charge is -2.29. The Morgan fingerprint density at radius 3 is 1.67 bits per heavy atom. The average molecular weight is 475 g/mol. The molecule has 0 aromatic heterocycles. The zero-order chi connectivity index (χ0) is 20.3. The molecule has 0 N–H and O–H groups in total. The molecule has 0 bridgehead atoms. The highest BCUT2D eigenvalue weighted by atomic mass is 79.9. The van der Waals surface area contributed by atoms with Crippen molar-refractivity contribution in [2.75, 3.05) is 0 Å². The van der Waals surface area contributed by atoms with Crippen molar-refractivity contribution in [1.82, 2.24) is 0 Å². The van der Waals surface area contributed by atoms with Crippen LogP contribution in [0.3, 0.4) is 0 Å². The summed E-state index contributed by atoms with van der Waals surface area (Å²) in [5.41, 5.74) is 5.53. The molecule has 0 aliphatic carbocycles. The molecule has 0 nitrogen and oxygen atoms in total. The molecule has 0 saturated heterocycles. The van der Waals surface area contributed by atoms with E-state index in [2.05, 4.69) is 124 Å². The van der Waals surface area contributed by atoms with Gasteiger partial charge in [0.05, 0.1) is 6.16 Å². The van der Waals surface area contributed by atoms with Crippen molar-refractivity contribution >= 4 is 23.2 Å². The topological polar surface area (TPSA) is 0 Å². The molecular formula is C28H28BrP. The summed E-state index contributed by atoms with van der Waals surface area (Å²) >= 11 is 0. The minimum Gasteiger partial charge on any atom is -1.00 e. The second kappa shape index (κ2) is 9.73. The maximum Gasteiger partial charge on any atom is 0.116 e. The van der Waals surface area contributed by atoms with Crippen LogP contribution in [-0.2, 0) is 6.16 Å². The molecule has 0 heterocycles. The normalized spacial score (nSPS) is 11.0. The van der Waals surface area contributed by atoms with Gasteiger partial charge in [0.25, 0.3) is 0 Å². The van der Waals surface area contributed by atoms with E-state index in [1.807, 2.05) is 0 Å². The summed E-state index contributed by atoms with van der Waals surface area (Å²) < 4.78 is 0. The number of hydrogen-bond acceptors (Lipinski definition) is 0. The highest BCUT2D eigenvalue weighted by Crippen LogP contribution is 2.59. The quantitative estimate of drug-likeness (QED) is 0.390. The predicted octanol–water partition coefficient (Wildman–Crippen LogP) is 3.11. The van der Waals surface area contributed by atoms with Crippen molar-refractivity contribution in [1.29, 1.82) is 0 Å². The van der Waals surface area contributed by atoms with E-state index in [1.165, 1.54) is 38.2 Å². The molecule has 0 fully saturated rings. The number of rotatable bonds is 5. The molecule has 0 radical (unpaired) electrons. The van der Waals surface area contributed by atoms with Gasteiger partial charge in [0.1, 0.15) is 23.2 Å². The molecule has 2 heteroatoms. The first-order valence-corrected chi connectivity index (χ1v) is 12.2. The second-order valence-corrected chi connectivity index (χ2v) is 11.3. The van der Waals surface area contributed by atoms with Gasteiger partial charge < -0.3 is 17.0 Å². The minimum absolute atomic E-state index is 0. The lowest BCUT2D eigenvalue weighted by Crippen LogP contribution is -3.00. The molecule has 4 aromatic carbocycles. The van der Waals surface area contributed by atoms with Gasteiger partial charge in [0.2, 0.25) is 0 Å². The average Bonchev–Trinajstić information content (AvgIpc) is 2.76. The Kier molecular flexibility index (Phi) is 7.29. The van der Waals surface area contributed by atoms with Gasteiger partial charge >= 0.3 is 0 Å². The van der Waals surface area contributed by atoms with Crippen LogP contribution in [0.4, 0.5) is 0 Å². The number of hydrogen-bond donors (Lipinski definition) is 0. The van der Waals surface area contributed by atoms with Gasteiger partial charge in [-0.15, -0.1) is 0 Å². The van der Waals surface area contributed by atoms with Gasteiger partial charge in [0.15, 0.2) is 0 Å². The fourth-order valence-electron chi connectivity index (χ4n) is 4.28. The Morgan fingerprint density at radius 1 is 0.567 bits per heavy atom. The van der Waals surface area contributed by atoms with Crippen molar-refractivity contribution in [2.24, 2.45) is 0 Å². The zero-order valence-corrected chi connectivity index (χ0v) is 20.3. The summed E-state index contributed by atoms with van der Waals surface area (Å²) in [5.74, 6) is 0. The minimum atomic E-state index is -1.86. The number of halogens is 1. The summed E-state index contributed by atoms with van der Waals surface area (Å²) in [5, 5.41) is 4.38. The summed E-state index contributed by atoms with van der Waals surface area (Å²) in [6, 6.07) is 38.2. The molecule has 0 spiro atoms. The molecule has 152 valence electrons. The fraction of sp³-hybridized carbons (Fsp3) is 0.143. The van der Waals surface area contributed by atoms with Crippen molar-refractivity contribution in [3.8, 4) is 0 Å². The molecule has 0 aliphatic rings. The van der Waals surface area contributed by atoms with Crippen LogP contribution in [0.2, 0.25) is 0 Å². The van der Waals surface area contributed by atoms with Crippen LogP contribution in [0.5, 0.6) is 0 Å². The van der Waals surface area contributed by atoms with Crippen LogP contribution in [0.1, 0.15) is 22.3 Å². The highest BCUT2D eigenvalue weighted by Gasteiger charge is 2.46. The summed E-state index contributed by atoms with van der Waals surface area (Å²) in [7, 11) is -1.86. The summed E-state index contributed by atoms with van der Waals surface area (Å²) in [4.78, 5) is 0. The number of benzene rings is 4. The Bertz CT molecular complexity index is 1060. The van der Waals surface area contributed by atoms with E-state index in [0.717, 1.165) is 6.16 Å². The van der Waals surface area contributed by atoms with Gasteiger partial charge in [-0.25, -0.2) is 0 Å². The summed E-state index contributed by atoms with van der Waals surface area (Å²) in [6.45, 7) is 6.71. The first kappa shape index (κ1) is 22.5. The smallest absolute Gasteiger partial charge is 0.116 e. The molecule has 0 amide bonds. The first-order chi connectivity index (χ1) is 14.1. The second-order valence-electron chi connectivity index (χ2n) is 7.86. The van der Waals surface area contributed by atoms with E-state index < -0.39 is 7.26 Å². The Hall–Kier alpha value is -2.21. The molecular weight excluding hydrogens is 447 g/mol. The lowest BCUT2D eigenvalue weighted by molar-refractivity contribution is -0.00000589. The van der Waals surface area contributed by atoms with Crippen LogP contribution in [0.25, 0.3) is 0 Å². The molecule has 0 saturated carbocycles. The predicted molar refractivity (Wildman–Crippen MR) is 130 cm³/mol. The van der Waals surface area contributed by atoms with E-state index in [9.17, 15) is 0 Å². The van der Waals surface area contributed by atoms with Crippen molar-refractivity contribution in [2.45, 2.75) is 26.9 Å². The van der Waals surface area contributed by atoms with Gasteiger partial charge in [-0.1, -0.05) is 78.4 Å². The third-order valence-electron chi connectivity index (χ3n) is 5.83. The Balaban J connectivity index is 0.00000256. The molecule has 0 unspecified atom stereocenters. The molecule has 4 rings (SSSR count). The zero-order valence-electron chi connectivity index (χ0n) is 17.8. The van der Waals surface area contributed by atoms with E-state index in [0.29, 0.717) is 0 Å². The van der Waals surface area contributed by atoms with Crippen LogP contribution in [0, 0.1) is 20.8 Å². The maximum absolute atomic E-state index is 2.38. The van der Waals surface area contributed by atoms with E-state index in [1.54, 1.807) is 0 Å². The Labute approximate surface area is 192 Å². The fourth-order valence-corrected chi connectivity index (χ4v) is 8.90. The van der Waals surface area contributed by atoms with Gasteiger partial charge in [-0.3, -0.25) is 0 Å². The van der Waals surface area contributed by atoms with Crippen LogP contribution in [-0.4, -0.2) is 0 Å². The van der Waals surface area contributed by atoms with Gasteiger partial charge in [-0.05, 0) is 67.8 Å². The molecule has 4 aromatic rings. The first-order valence-electron chi connectivity index (χ1n) is 10.2. The lowest BCUT2D eigenvalue weighted by atomic mass is 10.1. The van der Waals surface area contributed by atoms with Crippen molar-refractivity contribution in [3.63, 3.8) is 0 Å². The molecule has 0 atom stereocenters. The standard InChI is InChI=1S/C28H28P.BrH/c1-22-18-19-23(2)25(20-22)21-29(26-13-6-4-7-14-26,27-15-8-5-9-16-27)28-17-11-10-12-24(28)3;/h4-20H,21H2,1-3H3;1H/q+1;/p-1. The van der Waals surface area contributed by atoms with E-state index >= 15 is 0 Å². The molecule has 0 aliphatic heterocycles. The molecule has 30 heavy (non-hydrogen) atoms. The largest absolute Gasteiger partial charge is 1.00 e. The van der Waals surface area contributed by atoms with Crippen LogP contribution >= 0.6 is 7.26 Å². The van der Waals surface area contributed by atoms with Gasteiger partial charge in [0, 0.05) is 0 Å². The van der Waals surface area contributed by atoms with E-state index in [-0.39, 0.29) is 17.0 Å². The van der Waals surface area contributed by atoms with Gasteiger partial charge in [-0.2, -0.15) is 0 Å².